The van der Waals surface area contributed by atoms with E-state index in [1.54, 1.807) is 12.1 Å². The Morgan fingerprint density at radius 3 is 2.68 bits per heavy atom. The lowest BCUT2D eigenvalue weighted by molar-refractivity contribution is 0.0954. The van der Waals surface area contributed by atoms with Gasteiger partial charge in [0.2, 0.25) is 0 Å². The minimum absolute atomic E-state index is 0.0764. The van der Waals surface area contributed by atoms with Crippen LogP contribution in [-0.2, 0) is 6.42 Å². The van der Waals surface area contributed by atoms with Crippen LogP contribution in [0, 0.1) is 6.92 Å². The third-order valence-electron chi connectivity index (χ3n) is 2.78. The SMILES string of the molecule is [CH2]c1cccc(C(=O)NCCc2cccc(Cl)c2)c1. The van der Waals surface area contributed by atoms with Crippen molar-refractivity contribution in [3.05, 3.63) is 77.2 Å². The fourth-order valence-electron chi connectivity index (χ4n) is 1.83. The van der Waals surface area contributed by atoms with Gasteiger partial charge >= 0.3 is 0 Å². The molecule has 0 unspecified atom stereocenters. The third kappa shape index (κ3) is 4.11. The smallest absolute Gasteiger partial charge is 0.251 e. The second kappa shape index (κ2) is 6.39. The van der Waals surface area contributed by atoms with Crippen molar-refractivity contribution < 1.29 is 4.79 Å². The zero-order chi connectivity index (χ0) is 13.7. The molecule has 2 nitrogen and oxygen atoms in total. The predicted molar refractivity (Wildman–Crippen MR) is 78.4 cm³/mol. The molecule has 0 aromatic heterocycles. The van der Waals surface area contributed by atoms with Crippen LogP contribution in [0.1, 0.15) is 21.5 Å². The van der Waals surface area contributed by atoms with Gasteiger partial charge in [-0.15, -0.1) is 0 Å². The topological polar surface area (TPSA) is 29.1 Å². The van der Waals surface area contributed by atoms with Gasteiger partial charge in [-0.1, -0.05) is 35.9 Å². The number of rotatable bonds is 4. The number of amides is 1. The maximum atomic E-state index is 11.9. The quantitative estimate of drug-likeness (QED) is 0.907. The van der Waals surface area contributed by atoms with Gasteiger partial charge in [0.05, 0.1) is 0 Å². The van der Waals surface area contributed by atoms with Crippen molar-refractivity contribution in [1.82, 2.24) is 5.32 Å². The van der Waals surface area contributed by atoms with Crippen LogP contribution in [0.4, 0.5) is 0 Å². The molecule has 19 heavy (non-hydrogen) atoms. The van der Waals surface area contributed by atoms with Gasteiger partial charge in [-0.05, 0) is 48.7 Å². The van der Waals surface area contributed by atoms with Crippen molar-refractivity contribution >= 4 is 17.5 Å². The van der Waals surface area contributed by atoms with Gasteiger partial charge in [-0.25, -0.2) is 0 Å². The first kappa shape index (κ1) is 13.6. The van der Waals surface area contributed by atoms with Crippen LogP contribution in [0.5, 0.6) is 0 Å². The molecule has 0 saturated heterocycles. The summed E-state index contributed by atoms with van der Waals surface area (Å²) < 4.78 is 0. The first-order valence-corrected chi connectivity index (χ1v) is 6.47. The molecule has 0 atom stereocenters. The lowest BCUT2D eigenvalue weighted by Crippen LogP contribution is -2.25. The Hall–Kier alpha value is -1.80. The lowest BCUT2D eigenvalue weighted by atomic mass is 10.1. The molecule has 0 spiro atoms. The Morgan fingerprint density at radius 1 is 1.16 bits per heavy atom. The summed E-state index contributed by atoms with van der Waals surface area (Å²) in [5.41, 5.74) is 2.58. The fraction of sp³-hybridized carbons (Fsp3) is 0.125. The number of carbonyl (C=O) groups is 1. The van der Waals surface area contributed by atoms with Crippen LogP contribution in [0.3, 0.4) is 0 Å². The summed E-state index contributed by atoms with van der Waals surface area (Å²) in [7, 11) is 0. The summed E-state index contributed by atoms with van der Waals surface area (Å²) in [6.45, 7) is 4.39. The molecular formula is C16H15ClNO. The Kier molecular flexibility index (Phi) is 4.58. The van der Waals surface area contributed by atoms with Crippen molar-refractivity contribution in [3.63, 3.8) is 0 Å². The van der Waals surface area contributed by atoms with Gasteiger partial charge in [-0.3, -0.25) is 4.79 Å². The largest absolute Gasteiger partial charge is 0.352 e. The van der Waals surface area contributed by atoms with Crippen LogP contribution < -0.4 is 5.32 Å². The molecule has 0 aliphatic heterocycles. The van der Waals surface area contributed by atoms with E-state index < -0.39 is 0 Å². The second-order valence-corrected chi connectivity index (χ2v) is 4.77. The van der Waals surface area contributed by atoms with E-state index in [-0.39, 0.29) is 5.91 Å². The van der Waals surface area contributed by atoms with Gasteiger partial charge in [0.25, 0.3) is 5.91 Å². The van der Waals surface area contributed by atoms with Crippen molar-refractivity contribution in [2.45, 2.75) is 6.42 Å². The zero-order valence-electron chi connectivity index (χ0n) is 10.5. The van der Waals surface area contributed by atoms with E-state index in [1.807, 2.05) is 36.4 Å². The monoisotopic (exact) mass is 272 g/mol. The highest BCUT2D eigenvalue weighted by molar-refractivity contribution is 6.30. The van der Waals surface area contributed by atoms with Crippen molar-refractivity contribution in [2.75, 3.05) is 6.54 Å². The van der Waals surface area contributed by atoms with Gasteiger partial charge in [0.1, 0.15) is 0 Å². The molecule has 1 amide bonds. The van der Waals surface area contributed by atoms with E-state index in [9.17, 15) is 4.79 Å². The molecule has 0 saturated carbocycles. The molecule has 2 rings (SSSR count). The average Bonchev–Trinajstić information content (AvgIpc) is 2.38. The molecule has 0 aliphatic carbocycles. The zero-order valence-corrected chi connectivity index (χ0v) is 11.3. The molecule has 0 fully saturated rings. The molecule has 2 aromatic rings. The normalized spacial score (nSPS) is 10.2. The van der Waals surface area contributed by atoms with E-state index in [0.717, 1.165) is 17.5 Å². The van der Waals surface area contributed by atoms with E-state index >= 15 is 0 Å². The number of hydrogen-bond donors (Lipinski definition) is 1. The summed E-state index contributed by atoms with van der Waals surface area (Å²) in [4.78, 5) is 11.9. The number of halogens is 1. The molecule has 0 heterocycles. The van der Waals surface area contributed by atoms with Crippen LogP contribution in [-0.4, -0.2) is 12.5 Å². The molecule has 1 N–H and O–H groups in total. The fourth-order valence-corrected chi connectivity index (χ4v) is 2.04. The molecule has 2 aromatic carbocycles. The Balaban J connectivity index is 1.87. The minimum atomic E-state index is -0.0764. The summed E-state index contributed by atoms with van der Waals surface area (Å²) in [6, 6.07) is 14.9. The Labute approximate surface area is 118 Å². The number of hydrogen-bond acceptors (Lipinski definition) is 1. The predicted octanol–water partition coefficient (Wildman–Crippen LogP) is 3.49. The molecule has 97 valence electrons. The third-order valence-corrected chi connectivity index (χ3v) is 3.01. The van der Waals surface area contributed by atoms with E-state index in [1.165, 1.54) is 0 Å². The van der Waals surface area contributed by atoms with Crippen LogP contribution >= 0.6 is 11.6 Å². The summed E-state index contributed by atoms with van der Waals surface area (Å²) in [5, 5.41) is 3.60. The molecule has 0 bridgehead atoms. The summed E-state index contributed by atoms with van der Waals surface area (Å²) in [5.74, 6) is -0.0764. The Morgan fingerprint density at radius 2 is 1.95 bits per heavy atom. The van der Waals surface area contributed by atoms with Gasteiger partial charge in [0.15, 0.2) is 0 Å². The molecular weight excluding hydrogens is 258 g/mol. The molecule has 0 aliphatic rings. The second-order valence-electron chi connectivity index (χ2n) is 4.34. The highest BCUT2D eigenvalue weighted by atomic mass is 35.5. The van der Waals surface area contributed by atoms with Gasteiger partial charge < -0.3 is 5.32 Å². The minimum Gasteiger partial charge on any atom is -0.352 e. The van der Waals surface area contributed by atoms with E-state index in [4.69, 9.17) is 11.6 Å². The summed E-state index contributed by atoms with van der Waals surface area (Å²) in [6.07, 6.45) is 0.760. The first-order valence-electron chi connectivity index (χ1n) is 6.10. The van der Waals surface area contributed by atoms with Crippen LogP contribution in [0.2, 0.25) is 5.02 Å². The van der Waals surface area contributed by atoms with Gasteiger partial charge in [0, 0.05) is 17.1 Å². The Bertz CT molecular complexity index is 580. The van der Waals surface area contributed by atoms with E-state index in [0.29, 0.717) is 17.1 Å². The van der Waals surface area contributed by atoms with Crippen LogP contribution in [0.15, 0.2) is 48.5 Å². The average molecular weight is 273 g/mol. The number of benzene rings is 2. The molecule has 3 heteroatoms. The van der Waals surface area contributed by atoms with Crippen molar-refractivity contribution in [2.24, 2.45) is 0 Å². The highest BCUT2D eigenvalue weighted by Gasteiger charge is 2.04. The van der Waals surface area contributed by atoms with Crippen molar-refractivity contribution in [3.8, 4) is 0 Å². The standard InChI is InChI=1S/C16H15ClNO/c1-12-4-2-6-14(10-12)16(19)18-9-8-13-5-3-7-15(17)11-13/h2-7,10-11H,1,8-9H2,(H,18,19). The van der Waals surface area contributed by atoms with E-state index in [2.05, 4.69) is 12.2 Å². The number of carbonyl (C=O) groups excluding carboxylic acids is 1. The van der Waals surface area contributed by atoms with Crippen molar-refractivity contribution in [1.29, 1.82) is 0 Å². The maximum absolute atomic E-state index is 11.9. The number of nitrogens with one attached hydrogen (secondary N) is 1. The lowest BCUT2D eigenvalue weighted by Gasteiger charge is -2.06. The summed E-state index contributed by atoms with van der Waals surface area (Å²) >= 11 is 5.91. The maximum Gasteiger partial charge on any atom is 0.251 e. The van der Waals surface area contributed by atoms with Gasteiger partial charge in [-0.2, -0.15) is 0 Å². The van der Waals surface area contributed by atoms with Crippen LogP contribution in [0.25, 0.3) is 0 Å². The first-order chi connectivity index (χ1) is 9.15. The highest BCUT2D eigenvalue weighted by Crippen LogP contribution is 2.10. The molecule has 1 radical (unpaired) electrons.